The Labute approximate surface area is 79.9 Å². The molecule has 0 bridgehead atoms. The monoisotopic (exact) mass is 204 g/mol. The first-order valence-electron chi connectivity index (χ1n) is 4.04. The molecule has 0 saturated heterocycles. The van der Waals surface area contributed by atoms with Crippen molar-refractivity contribution in [1.82, 2.24) is 4.98 Å². The minimum absolute atomic E-state index is 0.436. The summed E-state index contributed by atoms with van der Waals surface area (Å²) in [7, 11) is 0. The zero-order chi connectivity index (χ0) is 11.0. The van der Waals surface area contributed by atoms with E-state index in [4.69, 9.17) is 5.73 Å². The first kappa shape index (κ1) is 11.0. The van der Waals surface area contributed by atoms with E-state index in [0.717, 1.165) is 12.3 Å². The van der Waals surface area contributed by atoms with E-state index in [9.17, 15) is 13.2 Å². The zero-order valence-corrected chi connectivity index (χ0v) is 7.89. The van der Waals surface area contributed by atoms with E-state index in [-0.39, 0.29) is 0 Å². The number of nitrogens with two attached hydrogens (primary N) is 1. The molecular formula is C9H11F3N2. The van der Waals surface area contributed by atoms with Gasteiger partial charge in [-0.15, -0.1) is 0 Å². The number of hydrogen-bond donors (Lipinski definition) is 1. The average Bonchev–Trinajstić information content (AvgIpc) is 2.01. The van der Waals surface area contributed by atoms with Gasteiger partial charge in [-0.2, -0.15) is 13.2 Å². The van der Waals surface area contributed by atoms with Crippen LogP contribution in [-0.4, -0.2) is 4.98 Å². The molecule has 1 heterocycles. The highest BCUT2D eigenvalue weighted by molar-refractivity contribution is 5.20. The summed E-state index contributed by atoms with van der Waals surface area (Å²) in [6, 6.07) is 2.28. The van der Waals surface area contributed by atoms with Gasteiger partial charge in [0.25, 0.3) is 0 Å². The van der Waals surface area contributed by atoms with Crippen molar-refractivity contribution in [3.8, 4) is 0 Å². The molecular weight excluding hydrogens is 193 g/mol. The van der Waals surface area contributed by atoms with Crippen LogP contribution in [0.15, 0.2) is 18.3 Å². The molecule has 0 aliphatic rings. The molecule has 5 heteroatoms. The molecule has 1 aromatic heterocycles. The van der Waals surface area contributed by atoms with Crippen LogP contribution in [-0.2, 0) is 11.7 Å². The molecule has 0 spiro atoms. The summed E-state index contributed by atoms with van der Waals surface area (Å²) in [6.45, 7) is 3.37. The van der Waals surface area contributed by atoms with Gasteiger partial charge in [0.15, 0.2) is 0 Å². The number of nitrogens with zero attached hydrogens (tertiary/aromatic N) is 1. The Kier molecular flexibility index (Phi) is 2.54. The van der Waals surface area contributed by atoms with E-state index in [1.165, 1.54) is 6.07 Å². The third-order valence-electron chi connectivity index (χ3n) is 1.75. The normalized spacial score (nSPS) is 13.0. The number of halogens is 3. The van der Waals surface area contributed by atoms with E-state index in [1.54, 1.807) is 13.8 Å². The number of rotatable bonds is 1. The van der Waals surface area contributed by atoms with Gasteiger partial charge in [-0.1, -0.05) is 0 Å². The summed E-state index contributed by atoms with van der Waals surface area (Å²) in [5.74, 6) is 0. The van der Waals surface area contributed by atoms with E-state index in [2.05, 4.69) is 4.98 Å². The maximum absolute atomic E-state index is 12.1. The van der Waals surface area contributed by atoms with Crippen LogP contribution in [0, 0.1) is 0 Å². The summed E-state index contributed by atoms with van der Waals surface area (Å²) in [6.07, 6.45) is -3.55. The van der Waals surface area contributed by atoms with Gasteiger partial charge in [0, 0.05) is 6.20 Å². The van der Waals surface area contributed by atoms with Crippen molar-refractivity contribution in [3.63, 3.8) is 0 Å². The van der Waals surface area contributed by atoms with Crippen molar-refractivity contribution in [2.75, 3.05) is 0 Å². The molecule has 78 valence electrons. The van der Waals surface area contributed by atoms with Crippen LogP contribution in [0.5, 0.6) is 0 Å². The highest BCUT2D eigenvalue weighted by Gasteiger charge is 2.31. The van der Waals surface area contributed by atoms with Gasteiger partial charge in [0.2, 0.25) is 0 Å². The van der Waals surface area contributed by atoms with Crippen LogP contribution in [0.1, 0.15) is 25.1 Å². The Morgan fingerprint density at radius 2 is 1.79 bits per heavy atom. The third kappa shape index (κ3) is 2.45. The fraction of sp³-hybridized carbons (Fsp3) is 0.444. The Morgan fingerprint density at radius 3 is 2.07 bits per heavy atom. The summed E-state index contributed by atoms with van der Waals surface area (Å²) < 4.78 is 36.4. The van der Waals surface area contributed by atoms with Gasteiger partial charge in [-0.3, -0.25) is 4.98 Å². The lowest BCUT2D eigenvalue weighted by Gasteiger charge is -2.18. The highest BCUT2D eigenvalue weighted by Crippen LogP contribution is 2.29. The zero-order valence-electron chi connectivity index (χ0n) is 7.89. The molecule has 2 nitrogen and oxygen atoms in total. The van der Waals surface area contributed by atoms with E-state index in [1.807, 2.05) is 0 Å². The van der Waals surface area contributed by atoms with Crippen LogP contribution >= 0.6 is 0 Å². The van der Waals surface area contributed by atoms with Crippen molar-refractivity contribution in [3.05, 3.63) is 29.6 Å². The van der Waals surface area contributed by atoms with Crippen LogP contribution in [0.4, 0.5) is 13.2 Å². The summed E-state index contributed by atoms with van der Waals surface area (Å²) in [5, 5.41) is 0. The standard InChI is InChI=1S/C9H11F3N2/c1-8(2,13)7-4-3-6(5-14-7)9(10,11)12/h3-5H,13H2,1-2H3. The van der Waals surface area contributed by atoms with Gasteiger partial charge >= 0.3 is 6.18 Å². The van der Waals surface area contributed by atoms with Gasteiger partial charge in [-0.25, -0.2) is 0 Å². The average molecular weight is 204 g/mol. The van der Waals surface area contributed by atoms with Crippen molar-refractivity contribution >= 4 is 0 Å². The van der Waals surface area contributed by atoms with Gasteiger partial charge in [0.05, 0.1) is 16.8 Å². The second-order valence-electron chi connectivity index (χ2n) is 3.65. The van der Waals surface area contributed by atoms with Gasteiger partial charge < -0.3 is 5.73 Å². The second-order valence-corrected chi connectivity index (χ2v) is 3.65. The van der Waals surface area contributed by atoms with Crippen molar-refractivity contribution < 1.29 is 13.2 Å². The molecule has 2 N–H and O–H groups in total. The number of aromatic nitrogens is 1. The van der Waals surface area contributed by atoms with E-state index < -0.39 is 17.3 Å². The Hall–Kier alpha value is -1.10. The molecule has 0 unspecified atom stereocenters. The van der Waals surface area contributed by atoms with Crippen LogP contribution in [0.3, 0.4) is 0 Å². The number of hydrogen-bond acceptors (Lipinski definition) is 2. The molecule has 1 rings (SSSR count). The number of pyridine rings is 1. The summed E-state index contributed by atoms with van der Waals surface area (Å²) in [4.78, 5) is 3.67. The second kappa shape index (κ2) is 3.24. The summed E-state index contributed by atoms with van der Waals surface area (Å²) in [5.41, 5.74) is 4.63. The van der Waals surface area contributed by atoms with Crippen LogP contribution in [0.2, 0.25) is 0 Å². The third-order valence-corrected chi connectivity index (χ3v) is 1.75. The molecule has 0 radical (unpaired) electrons. The van der Waals surface area contributed by atoms with Crippen LogP contribution in [0.25, 0.3) is 0 Å². The molecule has 14 heavy (non-hydrogen) atoms. The smallest absolute Gasteiger partial charge is 0.321 e. The first-order chi connectivity index (χ1) is 6.21. The molecule has 0 atom stereocenters. The lowest BCUT2D eigenvalue weighted by atomic mass is 10.0. The Bertz CT molecular complexity index is 275. The van der Waals surface area contributed by atoms with Crippen LogP contribution < -0.4 is 5.73 Å². The Morgan fingerprint density at radius 1 is 1.21 bits per heavy atom. The maximum atomic E-state index is 12.1. The SMILES string of the molecule is CC(C)(N)c1ccc(C(F)(F)F)cn1. The molecule has 0 aromatic carbocycles. The van der Waals surface area contributed by atoms with E-state index in [0.29, 0.717) is 5.69 Å². The molecule has 0 saturated carbocycles. The molecule has 0 aliphatic carbocycles. The van der Waals surface area contributed by atoms with Crippen molar-refractivity contribution in [1.29, 1.82) is 0 Å². The predicted molar refractivity (Wildman–Crippen MR) is 46.5 cm³/mol. The molecule has 0 fully saturated rings. The quantitative estimate of drug-likeness (QED) is 0.762. The molecule has 0 aliphatic heterocycles. The lowest BCUT2D eigenvalue weighted by molar-refractivity contribution is -0.137. The largest absolute Gasteiger partial charge is 0.417 e. The number of alkyl halides is 3. The molecule has 1 aromatic rings. The fourth-order valence-corrected chi connectivity index (χ4v) is 0.943. The van der Waals surface area contributed by atoms with Crippen molar-refractivity contribution in [2.45, 2.75) is 25.6 Å². The highest BCUT2D eigenvalue weighted by atomic mass is 19.4. The molecule has 0 amide bonds. The minimum Gasteiger partial charge on any atom is -0.321 e. The van der Waals surface area contributed by atoms with Gasteiger partial charge in [0.1, 0.15) is 0 Å². The van der Waals surface area contributed by atoms with E-state index >= 15 is 0 Å². The first-order valence-corrected chi connectivity index (χ1v) is 4.04. The minimum atomic E-state index is -4.34. The maximum Gasteiger partial charge on any atom is 0.417 e. The van der Waals surface area contributed by atoms with Crippen molar-refractivity contribution in [2.24, 2.45) is 5.73 Å². The topological polar surface area (TPSA) is 38.9 Å². The van der Waals surface area contributed by atoms with Gasteiger partial charge in [-0.05, 0) is 26.0 Å². The summed E-state index contributed by atoms with van der Waals surface area (Å²) >= 11 is 0. The Balaban J connectivity index is 3.02. The lowest BCUT2D eigenvalue weighted by Crippen LogP contribution is -2.29. The fourth-order valence-electron chi connectivity index (χ4n) is 0.943. The predicted octanol–water partition coefficient (Wildman–Crippen LogP) is 2.29.